The standard InChI is InChI=1S/C18H18O2/c1-9-7-13-14(8-10(9)2)16-12-6-4-3-5-11(12)15(13)17(19)18(16)20/h3-8,15-20H,1-2H3/t15-,16-,17+,18+/m1/s1. The van der Waals surface area contributed by atoms with Crippen LogP contribution >= 0.6 is 0 Å². The molecule has 0 amide bonds. The molecule has 3 aliphatic carbocycles. The molecular weight excluding hydrogens is 248 g/mol. The van der Waals surface area contributed by atoms with E-state index < -0.39 is 12.2 Å². The first kappa shape index (κ1) is 12.1. The van der Waals surface area contributed by atoms with Gasteiger partial charge in [-0.25, -0.2) is 0 Å². The van der Waals surface area contributed by atoms with E-state index in [1.807, 2.05) is 12.1 Å². The lowest BCUT2D eigenvalue weighted by Crippen LogP contribution is -2.47. The normalized spacial score (nSPS) is 30.0. The summed E-state index contributed by atoms with van der Waals surface area (Å²) in [6.45, 7) is 4.21. The summed E-state index contributed by atoms with van der Waals surface area (Å²) in [5.74, 6) is -0.194. The monoisotopic (exact) mass is 266 g/mol. The zero-order valence-electron chi connectivity index (χ0n) is 11.7. The Hall–Kier alpha value is -1.64. The largest absolute Gasteiger partial charge is 0.389 e. The van der Waals surface area contributed by atoms with Gasteiger partial charge in [0.1, 0.15) is 0 Å². The van der Waals surface area contributed by atoms with Crippen molar-refractivity contribution in [1.82, 2.24) is 0 Å². The molecular formula is C18H18O2. The molecule has 0 fully saturated rings. The highest BCUT2D eigenvalue weighted by atomic mass is 16.3. The molecule has 0 radical (unpaired) electrons. The van der Waals surface area contributed by atoms with E-state index in [2.05, 4.69) is 38.1 Å². The van der Waals surface area contributed by atoms with Crippen LogP contribution in [-0.4, -0.2) is 22.4 Å². The van der Waals surface area contributed by atoms with Crippen LogP contribution in [0.25, 0.3) is 0 Å². The predicted molar refractivity (Wildman–Crippen MR) is 78.1 cm³/mol. The SMILES string of the molecule is Cc1cc2c(cc1C)[C@H]1c3ccccc3[C@H]2[C@H](O)[C@H]1O. The number of benzene rings is 2. The van der Waals surface area contributed by atoms with Crippen LogP contribution in [-0.2, 0) is 0 Å². The Bertz CT molecular complexity index is 645. The van der Waals surface area contributed by atoms with Gasteiger partial charge in [-0.3, -0.25) is 0 Å². The average molecular weight is 266 g/mol. The van der Waals surface area contributed by atoms with Crippen molar-refractivity contribution in [3.05, 3.63) is 69.8 Å². The van der Waals surface area contributed by atoms with Crippen molar-refractivity contribution >= 4 is 0 Å². The third kappa shape index (κ3) is 1.36. The fourth-order valence-electron chi connectivity index (χ4n) is 3.94. The van der Waals surface area contributed by atoms with Crippen molar-refractivity contribution in [1.29, 1.82) is 0 Å². The van der Waals surface area contributed by atoms with E-state index in [0.29, 0.717) is 0 Å². The van der Waals surface area contributed by atoms with E-state index in [0.717, 1.165) is 0 Å². The van der Waals surface area contributed by atoms with Gasteiger partial charge in [-0.2, -0.15) is 0 Å². The van der Waals surface area contributed by atoms with Gasteiger partial charge in [0.15, 0.2) is 0 Å². The number of fused-ring (bicyclic) bond motifs is 1. The van der Waals surface area contributed by atoms with Crippen molar-refractivity contribution in [2.75, 3.05) is 0 Å². The van der Waals surface area contributed by atoms with Gasteiger partial charge in [-0.1, -0.05) is 36.4 Å². The van der Waals surface area contributed by atoms with Gasteiger partial charge in [-0.15, -0.1) is 0 Å². The lowest BCUT2D eigenvalue weighted by Gasteiger charge is -2.47. The average Bonchev–Trinajstić information content (AvgIpc) is 2.44. The summed E-state index contributed by atoms with van der Waals surface area (Å²) in [6, 6.07) is 12.6. The van der Waals surface area contributed by atoms with Crippen LogP contribution in [0, 0.1) is 13.8 Å². The zero-order valence-corrected chi connectivity index (χ0v) is 11.7. The summed E-state index contributed by atoms with van der Waals surface area (Å²) in [4.78, 5) is 0. The van der Waals surface area contributed by atoms with Gasteiger partial charge in [0.25, 0.3) is 0 Å². The first-order valence-electron chi connectivity index (χ1n) is 7.15. The lowest BCUT2D eigenvalue weighted by molar-refractivity contribution is -0.0154. The Morgan fingerprint density at radius 2 is 1.10 bits per heavy atom. The maximum Gasteiger partial charge on any atom is 0.0917 e. The number of aliphatic hydroxyl groups excluding tert-OH is 2. The Morgan fingerprint density at radius 3 is 1.50 bits per heavy atom. The quantitative estimate of drug-likeness (QED) is 0.769. The van der Waals surface area contributed by atoms with Crippen molar-refractivity contribution in [3.63, 3.8) is 0 Å². The molecule has 5 rings (SSSR count). The second-order valence-electron chi connectivity index (χ2n) is 6.13. The van der Waals surface area contributed by atoms with E-state index in [1.54, 1.807) is 0 Å². The van der Waals surface area contributed by atoms with Crippen molar-refractivity contribution in [2.45, 2.75) is 37.9 Å². The third-order valence-electron chi connectivity index (χ3n) is 5.07. The molecule has 2 bridgehead atoms. The zero-order chi connectivity index (χ0) is 14.0. The van der Waals surface area contributed by atoms with E-state index in [-0.39, 0.29) is 11.8 Å². The summed E-state index contributed by atoms with van der Waals surface area (Å²) in [6.07, 6.45) is -1.41. The van der Waals surface area contributed by atoms with Gasteiger partial charge in [0.05, 0.1) is 12.2 Å². The van der Waals surface area contributed by atoms with E-state index in [1.165, 1.54) is 33.4 Å². The number of hydrogen-bond acceptors (Lipinski definition) is 2. The molecule has 102 valence electrons. The number of aryl methyl sites for hydroxylation is 2. The molecule has 4 atom stereocenters. The summed E-state index contributed by atoms with van der Waals surface area (Å²) in [7, 11) is 0. The third-order valence-corrected chi connectivity index (χ3v) is 5.07. The molecule has 2 aromatic rings. The molecule has 0 aliphatic heterocycles. The molecule has 2 heteroatoms. The minimum absolute atomic E-state index is 0.0968. The van der Waals surface area contributed by atoms with Crippen LogP contribution < -0.4 is 0 Å². The second kappa shape index (κ2) is 3.94. The molecule has 2 aromatic carbocycles. The lowest BCUT2D eigenvalue weighted by atomic mass is 9.60. The molecule has 0 saturated heterocycles. The Balaban J connectivity index is 2.05. The molecule has 0 heterocycles. The predicted octanol–water partition coefficient (Wildman–Crippen LogP) is 2.62. The van der Waals surface area contributed by atoms with Crippen LogP contribution in [0.4, 0.5) is 0 Å². The van der Waals surface area contributed by atoms with Crippen molar-refractivity contribution < 1.29 is 10.2 Å². The highest BCUT2D eigenvalue weighted by Gasteiger charge is 2.48. The van der Waals surface area contributed by atoms with Crippen molar-refractivity contribution in [2.24, 2.45) is 0 Å². The van der Waals surface area contributed by atoms with Crippen LogP contribution in [0.2, 0.25) is 0 Å². The topological polar surface area (TPSA) is 40.5 Å². The highest BCUT2D eigenvalue weighted by Crippen LogP contribution is 2.53. The van der Waals surface area contributed by atoms with Gasteiger partial charge in [0.2, 0.25) is 0 Å². The van der Waals surface area contributed by atoms with Gasteiger partial charge in [-0.05, 0) is 47.2 Å². The number of aliphatic hydroxyl groups is 2. The van der Waals surface area contributed by atoms with Crippen molar-refractivity contribution in [3.8, 4) is 0 Å². The van der Waals surface area contributed by atoms with Crippen LogP contribution in [0.1, 0.15) is 45.2 Å². The van der Waals surface area contributed by atoms with E-state index >= 15 is 0 Å². The first-order valence-corrected chi connectivity index (χ1v) is 7.15. The molecule has 2 N–H and O–H groups in total. The molecule has 0 saturated carbocycles. The van der Waals surface area contributed by atoms with E-state index in [4.69, 9.17) is 0 Å². The van der Waals surface area contributed by atoms with Crippen LogP contribution in [0.5, 0.6) is 0 Å². The maximum atomic E-state index is 10.5. The second-order valence-corrected chi connectivity index (χ2v) is 6.13. The summed E-state index contributed by atoms with van der Waals surface area (Å²) >= 11 is 0. The molecule has 3 aliphatic rings. The summed E-state index contributed by atoms with van der Waals surface area (Å²) < 4.78 is 0. The van der Waals surface area contributed by atoms with Crippen LogP contribution in [0.3, 0.4) is 0 Å². The van der Waals surface area contributed by atoms with Gasteiger partial charge < -0.3 is 10.2 Å². The Morgan fingerprint density at radius 1 is 0.700 bits per heavy atom. The molecule has 0 spiro atoms. The Labute approximate surface area is 118 Å². The highest BCUT2D eigenvalue weighted by molar-refractivity contribution is 5.59. The van der Waals surface area contributed by atoms with Gasteiger partial charge >= 0.3 is 0 Å². The molecule has 0 unspecified atom stereocenters. The molecule has 0 aromatic heterocycles. The van der Waals surface area contributed by atoms with Gasteiger partial charge in [0, 0.05) is 11.8 Å². The minimum atomic E-state index is -0.704. The fourth-order valence-corrected chi connectivity index (χ4v) is 3.94. The molecule has 20 heavy (non-hydrogen) atoms. The summed E-state index contributed by atoms with van der Waals surface area (Å²) in [5.41, 5.74) is 7.22. The first-order chi connectivity index (χ1) is 9.59. The maximum absolute atomic E-state index is 10.5. The smallest absolute Gasteiger partial charge is 0.0917 e. The number of hydrogen-bond donors (Lipinski definition) is 2. The Kier molecular flexibility index (Phi) is 2.39. The van der Waals surface area contributed by atoms with E-state index in [9.17, 15) is 10.2 Å². The summed E-state index contributed by atoms with van der Waals surface area (Å²) in [5, 5.41) is 20.9. The van der Waals surface area contributed by atoms with Crippen LogP contribution in [0.15, 0.2) is 36.4 Å². The minimum Gasteiger partial charge on any atom is -0.389 e. The molecule has 2 nitrogen and oxygen atoms in total. The number of rotatable bonds is 0. The fraction of sp³-hybridized carbons (Fsp3) is 0.333.